The van der Waals surface area contributed by atoms with Crippen molar-refractivity contribution in [2.24, 2.45) is 0 Å². The lowest BCUT2D eigenvalue weighted by Crippen LogP contribution is -2.39. The van der Waals surface area contributed by atoms with Crippen molar-refractivity contribution >= 4 is 11.6 Å². The molecule has 104 valence electrons. The molecule has 0 aliphatic rings. The Kier molecular flexibility index (Phi) is 4.88. The Labute approximate surface area is 120 Å². The van der Waals surface area contributed by atoms with Gasteiger partial charge in [0.05, 0.1) is 0 Å². The van der Waals surface area contributed by atoms with Crippen LogP contribution < -0.4 is 9.88 Å². The molecule has 1 aromatic heterocycles. The van der Waals surface area contributed by atoms with Crippen molar-refractivity contribution in [3.63, 3.8) is 0 Å². The van der Waals surface area contributed by atoms with E-state index >= 15 is 0 Å². The molecule has 1 heterocycles. The first kappa shape index (κ1) is 14.3. The molecule has 3 nitrogen and oxygen atoms in total. The van der Waals surface area contributed by atoms with Crippen LogP contribution in [-0.2, 0) is 17.8 Å². The van der Waals surface area contributed by atoms with Gasteiger partial charge < -0.3 is 5.32 Å². The number of rotatable bonds is 5. The number of aryl methyl sites for hydroxylation is 2. The van der Waals surface area contributed by atoms with Gasteiger partial charge in [-0.2, -0.15) is 4.57 Å². The Hall–Kier alpha value is -2.16. The Balaban J connectivity index is 1.94. The van der Waals surface area contributed by atoms with Gasteiger partial charge in [0.15, 0.2) is 12.4 Å². The van der Waals surface area contributed by atoms with Crippen LogP contribution in [0.25, 0.3) is 0 Å². The number of hydrogen-bond donors (Lipinski definition) is 1. The summed E-state index contributed by atoms with van der Waals surface area (Å²) in [6.07, 6.45) is 6.13. The molecule has 0 atom stereocenters. The standard InChI is InChI=1S/C17H20N2O/c1-3-5-15-8-10-19(11-9-15)13-17(20)18-16-7-4-6-14(2)12-16/h4,6-12H,3,5,13H2,1-2H3/p+1. The van der Waals surface area contributed by atoms with Gasteiger partial charge in [0, 0.05) is 17.8 Å². The van der Waals surface area contributed by atoms with Gasteiger partial charge in [-0.05, 0) is 36.6 Å². The largest absolute Gasteiger partial charge is 0.321 e. The minimum absolute atomic E-state index is 0.0103. The molecule has 0 fully saturated rings. The van der Waals surface area contributed by atoms with Crippen molar-refractivity contribution in [1.29, 1.82) is 0 Å². The number of amides is 1. The van der Waals surface area contributed by atoms with Crippen LogP contribution in [0, 0.1) is 6.92 Å². The van der Waals surface area contributed by atoms with Crippen molar-refractivity contribution in [2.75, 3.05) is 5.32 Å². The number of anilines is 1. The van der Waals surface area contributed by atoms with Crippen molar-refractivity contribution in [1.82, 2.24) is 0 Å². The molecule has 20 heavy (non-hydrogen) atoms. The first-order chi connectivity index (χ1) is 9.67. The first-order valence-corrected chi connectivity index (χ1v) is 7.02. The van der Waals surface area contributed by atoms with Crippen molar-refractivity contribution in [3.05, 3.63) is 59.9 Å². The summed E-state index contributed by atoms with van der Waals surface area (Å²) in [7, 11) is 0. The number of carbonyl (C=O) groups excluding carboxylic acids is 1. The van der Waals surface area contributed by atoms with E-state index in [1.54, 1.807) is 0 Å². The third kappa shape index (κ3) is 4.19. The maximum Gasteiger partial charge on any atom is 0.290 e. The SMILES string of the molecule is CCCc1cc[n+](CC(=O)Nc2cccc(C)c2)cc1. The second-order valence-electron chi connectivity index (χ2n) is 5.05. The van der Waals surface area contributed by atoms with E-state index in [1.807, 2.05) is 48.1 Å². The zero-order chi connectivity index (χ0) is 14.4. The Morgan fingerprint density at radius 3 is 2.60 bits per heavy atom. The minimum atomic E-state index is -0.0103. The van der Waals surface area contributed by atoms with Crippen molar-refractivity contribution in [3.8, 4) is 0 Å². The molecule has 2 rings (SSSR count). The molecular weight excluding hydrogens is 248 g/mol. The van der Waals surface area contributed by atoms with Crippen LogP contribution in [0.1, 0.15) is 24.5 Å². The van der Waals surface area contributed by atoms with E-state index in [2.05, 4.69) is 24.4 Å². The molecule has 0 aliphatic heterocycles. The van der Waals surface area contributed by atoms with Gasteiger partial charge in [0.2, 0.25) is 6.54 Å². The predicted molar refractivity (Wildman–Crippen MR) is 80.4 cm³/mol. The normalized spacial score (nSPS) is 10.3. The average molecular weight is 269 g/mol. The fourth-order valence-electron chi connectivity index (χ4n) is 2.14. The molecule has 0 unspecified atom stereocenters. The van der Waals surface area contributed by atoms with E-state index in [4.69, 9.17) is 0 Å². The third-order valence-electron chi connectivity index (χ3n) is 3.13. The molecule has 0 saturated carbocycles. The minimum Gasteiger partial charge on any atom is -0.321 e. The summed E-state index contributed by atoms with van der Waals surface area (Å²) < 4.78 is 1.89. The van der Waals surface area contributed by atoms with Crippen LogP contribution >= 0.6 is 0 Å². The summed E-state index contributed by atoms with van der Waals surface area (Å²) >= 11 is 0. The molecule has 2 aromatic rings. The molecule has 0 spiro atoms. The highest BCUT2D eigenvalue weighted by Crippen LogP contribution is 2.09. The van der Waals surface area contributed by atoms with Gasteiger partial charge in [-0.1, -0.05) is 25.5 Å². The van der Waals surface area contributed by atoms with E-state index in [0.717, 1.165) is 24.1 Å². The molecule has 0 saturated heterocycles. The van der Waals surface area contributed by atoms with Crippen LogP contribution in [0.4, 0.5) is 5.69 Å². The van der Waals surface area contributed by atoms with Crippen LogP contribution in [0.15, 0.2) is 48.8 Å². The maximum atomic E-state index is 12.0. The molecule has 1 amide bonds. The molecule has 0 radical (unpaired) electrons. The van der Waals surface area contributed by atoms with Crippen LogP contribution in [0.2, 0.25) is 0 Å². The number of benzene rings is 1. The van der Waals surface area contributed by atoms with Gasteiger partial charge in [-0.15, -0.1) is 0 Å². The Morgan fingerprint density at radius 1 is 1.20 bits per heavy atom. The number of hydrogen-bond acceptors (Lipinski definition) is 1. The van der Waals surface area contributed by atoms with Gasteiger partial charge in [-0.3, -0.25) is 4.79 Å². The second-order valence-corrected chi connectivity index (χ2v) is 5.05. The fraction of sp³-hybridized carbons (Fsp3) is 0.294. The van der Waals surface area contributed by atoms with E-state index in [9.17, 15) is 4.79 Å². The highest BCUT2D eigenvalue weighted by atomic mass is 16.1. The lowest BCUT2D eigenvalue weighted by molar-refractivity contribution is -0.684. The van der Waals surface area contributed by atoms with Gasteiger partial charge in [-0.25, -0.2) is 0 Å². The summed E-state index contributed by atoms with van der Waals surface area (Å²) in [6.45, 7) is 4.51. The predicted octanol–water partition coefficient (Wildman–Crippen LogP) is 2.87. The van der Waals surface area contributed by atoms with E-state index in [0.29, 0.717) is 6.54 Å². The topological polar surface area (TPSA) is 33.0 Å². The monoisotopic (exact) mass is 269 g/mol. The van der Waals surface area contributed by atoms with E-state index < -0.39 is 0 Å². The van der Waals surface area contributed by atoms with Crippen LogP contribution in [0.5, 0.6) is 0 Å². The van der Waals surface area contributed by atoms with Gasteiger partial charge in [0.25, 0.3) is 5.91 Å². The Morgan fingerprint density at radius 2 is 1.95 bits per heavy atom. The van der Waals surface area contributed by atoms with E-state index in [1.165, 1.54) is 5.56 Å². The quantitative estimate of drug-likeness (QED) is 0.832. The lowest BCUT2D eigenvalue weighted by Gasteiger charge is -2.04. The van der Waals surface area contributed by atoms with Crippen LogP contribution in [-0.4, -0.2) is 5.91 Å². The van der Waals surface area contributed by atoms with Gasteiger partial charge >= 0.3 is 0 Å². The molecular formula is C17H21N2O+. The molecule has 3 heteroatoms. The molecule has 1 aromatic carbocycles. The summed E-state index contributed by atoms with van der Waals surface area (Å²) in [5, 5.41) is 2.91. The summed E-state index contributed by atoms with van der Waals surface area (Å²) in [4.78, 5) is 12.0. The zero-order valence-electron chi connectivity index (χ0n) is 12.1. The van der Waals surface area contributed by atoms with Crippen molar-refractivity contribution in [2.45, 2.75) is 33.2 Å². The molecule has 0 bridgehead atoms. The van der Waals surface area contributed by atoms with Crippen molar-refractivity contribution < 1.29 is 9.36 Å². The number of aromatic nitrogens is 1. The lowest BCUT2D eigenvalue weighted by atomic mass is 10.1. The summed E-state index contributed by atoms with van der Waals surface area (Å²) in [6, 6.07) is 12.0. The summed E-state index contributed by atoms with van der Waals surface area (Å²) in [5.41, 5.74) is 3.29. The highest BCUT2D eigenvalue weighted by Gasteiger charge is 2.09. The zero-order valence-corrected chi connectivity index (χ0v) is 12.1. The second kappa shape index (κ2) is 6.85. The third-order valence-corrected chi connectivity index (χ3v) is 3.13. The number of pyridine rings is 1. The molecule has 1 N–H and O–H groups in total. The van der Waals surface area contributed by atoms with Crippen LogP contribution in [0.3, 0.4) is 0 Å². The number of nitrogens with zero attached hydrogens (tertiary/aromatic N) is 1. The smallest absolute Gasteiger partial charge is 0.290 e. The fourth-order valence-corrected chi connectivity index (χ4v) is 2.14. The molecule has 0 aliphatic carbocycles. The average Bonchev–Trinajstić information content (AvgIpc) is 2.41. The van der Waals surface area contributed by atoms with E-state index in [-0.39, 0.29) is 5.91 Å². The number of carbonyl (C=O) groups is 1. The summed E-state index contributed by atoms with van der Waals surface area (Å²) in [5.74, 6) is -0.0103. The highest BCUT2D eigenvalue weighted by molar-refractivity contribution is 5.89. The number of nitrogens with one attached hydrogen (secondary N) is 1. The Bertz CT molecular complexity index is 576. The maximum absolute atomic E-state index is 12.0. The van der Waals surface area contributed by atoms with Gasteiger partial charge in [0.1, 0.15) is 0 Å². The first-order valence-electron chi connectivity index (χ1n) is 7.02.